The minimum absolute atomic E-state index is 0.137. The molecular weight excluding hydrogens is 384 g/mol. The number of anilines is 1. The quantitative estimate of drug-likeness (QED) is 0.614. The van der Waals surface area contributed by atoms with Crippen molar-refractivity contribution in [1.82, 2.24) is 14.9 Å². The summed E-state index contributed by atoms with van der Waals surface area (Å²) in [5.74, 6) is 0.741. The molecule has 1 aliphatic rings. The molecule has 0 unspecified atom stereocenters. The average Bonchev–Trinajstić information content (AvgIpc) is 2.97. The van der Waals surface area contributed by atoms with Crippen LogP contribution in [0.1, 0.15) is 53.6 Å². The second-order valence-electron chi connectivity index (χ2n) is 9.48. The molecule has 0 fully saturated rings. The van der Waals surface area contributed by atoms with Crippen molar-refractivity contribution in [3.8, 4) is 0 Å². The number of fused-ring (bicyclic) bond motifs is 2. The van der Waals surface area contributed by atoms with E-state index < -0.39 is 0 Å². The lowest BCUT2D eigenvalue weighted by Crippen LogP contribution is -2.41. The Balaban J connectivity index is 1.90. The molecule has 0 spiro atoms. The average molecular weight is 417 g/mol. The number of carbonyl (C=O) groups excluding carboxylic acids is 1. The summed E-state index contributed by atoms with van der Waals surface area (Å²) in [6.45, 7) is 16.5. The topological polar surface area (TPSA) is 50.2 Å². The first-order chi connectivity index (χ1) is 14.7. The van der Waals surface area contributed by atoms with Gasteiger partial charge in [0.05, 0.1) is 5.52 Å². The normalized spacial score (nSPS) is 13.9. The van der Waals surface area contributed by atoms with Gasteiger partial charge in [-0.2, -0.15) is 0 Å². The van der Waals surface area contributed by atoms with Crippen LogP contribution in [0.4, 0.5) is 5.82 Å². The largest absolute Gasteiger partial charge is 0.350 e. The summed E-state index contributed by atoms with van der Waals surface area (Å²) in [4.78, 5) is 20.3. The van der Waals surface area contributed by atoms with Gasteiger partial charge in [0.25, 0.3) is 5.91 Å². The SMILES string of the molecule is C=CCn1c(C)c(C)c2cc(C(=O)NC(C)(C)C)nc(N3CCc4ccccc4C3)c21. The van der Waals surface area contributed by atoms with Crippen LogP contribution >= 0.6 is 0 Å². The van der Waals surface area contributed by atoms with Crippen molar-refractivity contribution in [3.05, 3.63) is 71.1 Å². The Hall–Kier alpha value is -3.08. The van der Waals surface area contributed by atoms with E-state index in [0.29, 0.717) is 12.2 Å². The van der Waals surface area contributed by atoms with Crippen molar-refractivity contribution >= 4 is 22.6 Å². The maximum absolute atomic E-state index is 13.1. The highest BCUT2D eigenvalue weighted by Gasteiger charge is 2.26. The molecule has 1 N–H and O–H groups in total. The van der Waals surface area contributed by atoms with E-state index >= 15 is 0 Å². The minimum atomic E-state index is -0.322. The van der Waals surface area contributed by atoms with Gasteiger partial charge in [0.15, 0.2) is 5.82 Å². The van der Waals surface area contributed by atoms with E-state index in [1.165, 1.54) is 22.4 Å². The molecule has 1 amide bonds. The van der Waals surface area contributed by atoms with E-state index in [0.717, 1.165) is 36.2 Å². The van der Waals surface area contributed by atoms with Gasteiger partial charge in [-0.05, 0) is 63.8 Å². The van der Waals surface area contributed by atoms with Crippen molar-refractivity contribution in [3.63, 3.8) is 0 Å². The summed E-state index contributed by atoms with van der Waals surface area (Å²) in [7, 11) is 0. The molecule has 0 bridgehead atoms. The van der Waals surface area contributed by atoms with Gasteiger partial charge in [-0.3, -0.25) is 4.79 Å². The van der Waals surface area contributed by atoms with Crippen LogP contribution in [-0.4, -0.2) is 27.5 Å². The zero-order chi connectivity index (χ0) is 22.3. The monoisotopic (exact) mass is 416 g/mol. The molecule has 0 aliphatic carbocycles. The van der Waals surface area contributed by atoms with Gasteiger partial charge in [-0.25, -0.2) is 4.98 Å². The van der Waals surface area contributed by atoms with Gasteiger partial charge in [0.2, 0.25) is 0 Å². The van der Waals surface area contributed by atoms with Crippen LogP contribution in [0.25, 0.3) is 10.9 Å². The Morgan fingerprint density at radius 3 is 2.61 bits per heavy atom. The maximum atomic E-state index is 13.1. The molecular formula is C26H32N4O. The highest BCUT2D eigenvalue weighted by molar-refractivity contribution is 6.01. The van der Waals surface area contributed by atoms with Gasteiger partial charge in [0, 0.05) is 36.3 Å². The van der Waals surface area contributed by atoms with Gasteiger partial charge in [0.1, 0.15) is 5.69 Å². The lowest BCUT2D eigenvalue weighted by molar-refractivity contribution is 0.0914. The summed E-state index contributed by atoms with van der Waals surface area (Å²) >= 11 is 0. The van der Waals surface area contributed by atoms with Gasteiger partial charge in [-0.1, -0.05) is 30.3 Å². The number of rotatable bonds is 4. The van der Waals surface area contributed by atoms with Crippen LogP contribution < -0.4 is 10.2 Å². The van der Waals surface area contributed by atoms with E-state index in [-0.39, 0.29) is 11.4 Å². The third-order valence-electron chi connectivity index (χ3n) is 6.06. The number of aromatic nitrogens is 2. The van der Waals surface area contributed by atoms with Crippen LogP contribution in [-0.2, 0) is 19.5 Å². The molecule has 0 saturated carbocycles. The molecule has 5 nitrogen and oxygen atoms in total. The van der Waals surface area contributed by atoms with Crippen molar-refractivity contribution in [2.75, 3.05) is 11.4 Å². The van der Waals surface area contributed by atoms with Crippen LogP contribution in [0.3, 0.4) is 0 Å². The van der Waals surface area contributed by atoms with Crippen molar-refractivity contribution in [2.45, 2.75) is 59.7 Å². The predicted octanol–water partition coefficient (Wildman–Crippen LogP) is 4.93. The number of nitrogens with zero attached hydrogens (tertiary/aromatic N) is 3. The summed E-state index contributed by atoms with van der Waals surface area (Å²) in [5, 5.41) is 4.15. The third-order valence-corrected chi connectivity index (χ3v) is 6.06. The minimum Gasteiger partial charge on any atom is -0.350 e. The number of pyridine rings is 1. The van der Waals surface area contributed by atoms with E-state index in [4.69, 9.17) is 4.98 Å². The predicted molar refractivity (Wildman–Crippen MR) is 128 cm³/mol. The molecule has 1 aliphatic heterocycles. The fourth-order valence-electron chi connectivity index (χ4n) is 4.42. The fourth-order valence-corrected chi connectivity index (χ4v) is 4.42. The molecule has 1 aromatic carbocycles. The number of hydrogen-bond donors (Lipinski definition) is 1. The highest BCUT2D eigenvalue weighted by Crippen LogP contribution is 2.35. The Kier molecular flexibility index (Phi) is 5.38. The molecule has 0 radical (unpaired) electrons. The molecule has 4 rings (SSSR count). The van der Waals surface area contributed by atoms with E-state index in [9.17, 15) is 4.79 Å². The molecule has 5 heteroatoms. The second kappa shape index (κ2) is 7.88. The second-order valence-corrected chi connectivity index (χ2v) is 9.48. The van der Waals surface area contributed by atoms with Crippen molar-refractivity contribution in [1.29, 1.82) is 0 Å². The Morgan fingerprint density at radius 1 is 1.23 bits per heavy atom. The number of nitrogens with one attached hydrogen (secondary N) is 1. The van der Waals surface area contributed by atoms with Crippen LogP contribution in [0, 0.1) is 13.8 Å². The van der Waals surface area contributed by atoms with Crippen LogP contribution in [0.5, 0.6) is 0 Å². The van der Waals surface area contributed by atoms with Crippen molar-refractivity contribution in [2.24, 2.45) is 0 Å². The van der Waals surface area contributed by atoms with E-state index in [1.807, 2.05) is 32.9 Å². The molecule has 0 saturated heterocycles. The number of benzene rings is 1. The maximum Gasteiger partial charge on any atom is 0.270 e. The third kappa shape index (κ3) is 3.97. The smallest absolute Gasteiger partial charge is 0.270 e. The van der Waals surface area contributed by atoms with Crippen LogP contribution in [0.15, 0.2) is 43.0 Å². The van der Waals surface area contributed by atoms with Gasteiger partial charge >= 0.3 is 0 Å². The zero-order valence-electron chi connectivity index (χ0n) is 19.2. The number of carbonyl (C=O) groups is 1. The number of hydrogen-bond acceptors (Lipinski definition) is 3. The molecule has 2 aromatic heterocycles. The van der Waals surface area contributed by atoms with E-state index in [2.05, 4.69) is 59.5 Å². The number of allylic oxidation sites excluding steroid dienone is 1. The zero-order valence-corrected chi connectivity index (χ0v) is 19.2. The summed E-state index contributed by atoms with van der Waals surface area (Å²) in [6.07, 6.45) is 2.89. The van der Waals surface area contributed by atoms with Crippen LogP contribution in [0.2, 0.25) is 0 Å². The van der Waals surface area contributed by atoms with Crippen molar-refractivity contribution < 1.29 is 4.79 Å². The highest BCUT2D eigenvalue weighted by atomic mass is 16.2. The lowest BCUT2D eigenvalue weighted by Gasteiger charge is -2.31. The molecule has 31 heavy (non-hydrogen) atoms. The Morgan fingerprint density at radius 2 is 1.94 bits per heavy atom. The lowest BCUT2D eigenvalue weighted by atomic mass is 9.99. The van der Waals surface area contributed by atoms with Gasteiger partial charge in [-0.15, -0.1) is 6.58 Å². The molecule has 3 heterocycles. The molecule has 162 valence electrons. The number of amides is 1. The fraction of sp³-hybridized carbons (Fsp3) is 0.385. The summed E-state index contributed by atoms with van der Waals surface area (Å²) in [5.41, 5.74) is 6.31. The first-order valence-electron chi connectivity index (χ1n) is 10.9. The first-order valence-corrected chi connectivity index (χ1v) is 10.9. The molecule has 3 aromatic rings. The van der Waals surface area contributed by atoms with E-state index in [1.54, 1.807) is 0 Å². The standard InChI is InChI=1S/C26H32N4O/c1-7-13-30-18(3)17(2)21-15-22(25(31)28-26(4,5)6)27-24(23(21)30)29-14-12-19-10-8-9-11-20(19)16-29/h7-11,15H,1,12-14,16H2,2-6H3,(H,28,31). The number of aryl methyl sites for hydroxylation is 1. The summed E-state index contributed by atoms with van der Waals surface area (Å²) in [6, 6.07) is 10.5. The van der Waals surface area contributed by atoms with Gasteiger partial charge < -0.3 is 14.8 Å². The Labute approximate surface area is 184 Å². The summed E-state index contributed by atoms with van der Waals surface area (Å²) < 4.78 is 2.27. The Bertz CT molecular complexity index is 1170. The molecule has 0 atom stereocenters. The first kappa shape index (κ1) is 21.2.